The molecule has 3 saturated heterocycles. The van der Waals surface area contributed by atoms with Crippen LogP contribution in [-0.2, 0) is 4.79 Å². The van der Waals surface area contributed by atoms with Crippen LogP contribution in [0.3, 0.4) is 0 Å². The molecule has 2 amide bonds. The average Bonchev–Trinajstić information content (AvgIpc) is 2.86. The largest absolute Gasteiger partial charge is 0.341 e. The molecular weight excluding hydrogens is 397 g/mol. The van der Waals surface area contributed by atoms with Crippen LogP contribution >= 0.6 is 24.0 Å². The normalized spacial score (nSPS) is 27.1. The lowest BCUT2D eigenvalue weighted by Crippen LogP contribution is -2.41. The first kappa shape index (κ1) is 21.4. The predicted molar refractivity (Wildman–Crippen MR) is 113 cm³/mol. The number of piperidine rings is 1. The van der Waals surface area contributed by atoms with E-state index in [0.29, 0.717) is 54.6 Å². The molecule has 3 aliphatic heterocycles. The van der Waals surface area contributed by atoms with Crippen LogP contribution in [-0.4, -0.2) is 59.9 Å². The number of nitrogens with one attached hydrogen (secondary N) is 1. The molecule has 2 unspecified atom stereocenters. The van der Waals surface area contributed by atoms with E-state index in [1.807, 2.05) is 9.80 Å². The molecule has 3 heterocycles. The number of rotatable bonds is 3. The van der Waals surface area contributed by atoms with Crippen LogP contribution in [0.15, 0.2) is 24.3 Å². The molecule has 1 N–H and O–H groups in total. The molecule has 2 atom stereocenters. The summed E-state index contributed by atoms with van der Waals surface area (Å²) in [5.41, 5.74) is 0.618. The van der Waals surface area contributed by atoms with Gasteiger partial charge < -0.3 is 15.1 Å². The molecule has 0 aliphatic carbocycles. The zero-order chi connectivity index (χ0) is 18.8. The molecule has 0 saturated carbocycles. The molecule has 5 nitrogen and oxygen atoms in total. The van der Waals surface area contributed by atoms with Gasteiger partial charge in [-0.2, -0.15) is 0 Å². The first-order chi connectivity index (χ1) is 13.1. The summed E-state index contributed by atoms with van der Waals surface area (Å²) in [5, 5.41) is 4.21. The lowest BCUT2D eigenvalue weighted by atomic mass is 9.89. The van der Waals surface area contributed by atoms with Crippen molar-refractivity contribution in [2.45, 2.75) is 50.6 Å². The van der Waals surface area contributed by atoms with Crippen molar-refractivity contribution in [3.63, 3.8) is 0 Å². The maximum Gasteiger partial charge on any atom is 0.253 e. The quantitative estimate of drug-likeness (QED) is 0.807. The van der Waals surface area contributed by atoms with Gasteiger partial charge in [0.25, 0.3) is 5.91 Å². The van der Waals surface area contributed by atoms with Crippen molar-refractivity contribution in [1.82, 2.24) is 15.1 Å². The molecule has 7 heteroatoms. The second-order valence-electron chi connectivity index (χ2n) is 8.22. The maximum atomic E-state index is 12.8. The number of hydrogen-bond donors (Lipinski definition) is 1. The third-order valence-electron chi connectivity index (χ3n) is 6.24. The molecule has 28 heavy (non-hydrogen) atoms. The Kier molecular flexibility index (Phi) is 7.24. The van der Waals surface area contributed by atoms with E-state index in [9.17, 15) is 9.59 Å². The van der Waals surface area contributed by atoms with E-state index in [1.165, 1.54) is 12.8 Å². The van der Waals surface area contributed by atoms with Crippen LogP contribution in [0.25, 0.3) is 0 Å². The Hall–Kier alpha value is -1.30. The number of hydrogen-bond acceptors (Lipinski definition) is 3. The number of benzene rings is 1. The van der Waals surface area contributed by atoms with Crippen molar-refractivity contribution in [2.75, 3.05) is 26.2 Å². The fourth-order valence-electron chi connectivity index (χ4n) is 4.89. The van der Waals surface area contributed by atoms with Crippen LogP contribution in [0.1, 0.15) is 48.9 Å². The van der Waals surface area contributed by atoms with E-state index in [2.05, 4.69) is 5.32 Å². The third-order valence-corrected chi connectivity index (χ3v) is 6.48. The second kappa shape index (κ2) is 9.47. The highest BCUT2D eigenvalue weighted by molar-refractivity contribution is 6.30. The topological polar surface area (TPSA) is 52.7 Å². The van der Waals surface area contributed by atoms with Crippen molar-refractivity contribution in [3.05, 3.63) is 34.9 Å². The number of nitrogens with zero attached hydrogens (tertiary/aromatic N) is 2. The minimum absolute atomic E-state index is 0. The Labute approximate surface area is 178 Å². The molecule has 1 aromatic carbocycles. The standard InChI is InChI=1S/C21H28ClN3O2.ClH/c22-17-4-1-3-16(14-17)21(27)25-8-2-7-24(9-10-25)20(26)13-15-11-18-5-6-19(12-15)23-18;/h1,3-4,14-15,18-19,23H,2,5-13H2;1H. The van der Waals surface area contributed by atoms with E-state index in [-0.39, 0.29) is 24.2 Å². The smallest absolute Gasteiger partial charge is 0.253 e. The van der Waals surface area contributed by atoms with Crippen molar-refractivity contribution in [3.8, 4) is 0 Å². The van der Waals surface area contributed by atoms with Gasteiger partial charge in [0.1, 0.15) is 0 Å². The van der Waals surface area contributed by atoms with Crippen molar-refractivity contribution >= 4 is 35.8 Å². The molecule has 0 spiro atoms. The van der Waals surface area contributed by atoms with Crippen LogP contribution in [0.4, 0.5) is 0 Å². The first-order valence-corrected chi connectivity index (χ1v) is 10.5. The number of carbonyl (C=O) groups excluding carboxylic acids is 2. The van der Waals surface area contributed by atoms with Gasteiger partial charge in [0.2, 0.25) is 5.91 Å². The molecule has 4 rings (SSSR count). The van der Waals surface area contributed by atoms with Crippen LogP contribution < -0.4 is 5.32 Å². The van der Waals surface area contributed by atoms with Gasteiger partial charge in [-0.3, -0.25) is 9.59 Å². The number of halogens is 2. The number of fused-ring (bicyclic) bond motifs is 2. The maximum absolute atomic E-state index is 12.8. The van der Waals surface area contributed by atoms with Gasteiger partial charge in [0.15, 0.2) is 0 Å². The number of carbonyl (C=O) groups is 2. The molecule has 3 aliphatic rings. The monoisotopic (exact) mass is 425 g/mol. The van der Waals surface area contributed by atoms with E-state index < -0.39 is 0 Å². The summed E-state index contributed by atoms with van der Waals surface area (Å²) in [6.07, 6.45) is 6.29. The second-order valence-corrected chi connectivity index (χ2v) is 8.65. The van der Waals surface area contributed by atoms with Crippen LogP contribution in [0.2, 0.25) is 5.02 Å². The van der Waals surface area contributed by atoms with Crippen molar-refractivity contribution in [2.24, 2.45) is 5.92 Å². The summed E-state index contributed by atoms with van der Waals surface area (Å²) in [7, 11) is 0. The van der Waals surface area contributed by atoms with Crippen molar-refractivity contribution < 1.29 is 9.59 Å². The SMILES string of the molecule is Cl.O=C(CC1CC2CCC(C1)N2)N1CCCN(C(=O)c2cccc(Cl)c2)CC1. The van der Waals surface area contributed by atoms with Gasteiger partial charge in [-0.1, -0.05) is 17.7 Å². The highest BCUT2D eigenvalue weighted by Crippen LogP contribution is 2.33. The van der Waals surface area contributed by atoms with E-state index >= 15 is 0 Å². The molecule has 0 radical (unpaired) electrons. The first-order valence-electron chi connectivity index (χ1n) is 10.2. The Balaban J connectivity index is 0.00000225. The Bertz CT molecular complexity index is 703. The Morgan fingerprint density at radius 1 is 1.04 bits per heavy atom. The zero-order valence-corrected chi connectivity index (χ0v) is 17.7. The van der Waals surface area contributed by atoms with Gasteiger partial charge in [-0.25, -0.2) is 0 Å². The molecule has 3 fully saturated rings. The lowest BCUT2D eigenvalue weighted by Gasteiger charge is -2.30. The Morgan fingerprint density at radius 2 is 1.71 bits per heavy atom. The van der Waals surface area contributed by atoms with Gasteiger partial charge in [-0.15, -0.1) is 12.4 Å². The summed E-state index contributed by atoms with van der Waals surface area (Å²) in [6.45, 7) is 2.65. The summed E-state index contributed by atoms with van der Waals surface area (Å²) < 4.78 is 0. The van der Waals surface area contributed by atoms with Gasteiger partial charge in [0.05, 0.1) is 0 Å². The lowest BCUT2D eigenvalue weighted by molar-refractivity contribution is -0.132. The fraction of sp³-hybridized carbons (Fsp3) is 0.619. The summed E-state index contributed by atoms with van der Waals surface area (Å²) in [5.74, 6) is 0.781. The summed E-state index contributed by atoms with van der Waals surface area (Å²) in [4.78, 5) is 29.4. The van der Waals surface area contributed by atoms with E-state index in [1.54, 1.807) is 24.3 Å². The highest BCUT2D eigenvalue weighted by Gasteiger charge is 2.35. The van der Waals surface area contributed by atoms with Gasteiger partial charge in [-0.05, 0) is 56.2 Å². The van der Waals surface area contributed by atoms with Gasteiger partial charge >= 0.3 is 0 Å². The number of amides is 2. The van der Waals surface area contributed by atoms with E-state index in [4.69, 9.17) is 11.6 Å². The highest BCUT2D eigenvalue weighted by atomic mass is 35.5. The predicted octanol–water partition coefficient (Wildman–Crippen LogP) is 3.36. The van der Waals surface area contributed by atoms with Crippen molar-refractivity contribution in [1.29, 1.82) is 0 Å². The molecule has 2 bridgehead atoms. The van der Waals surface area contributed by atoms with Crippen LogP contribution in [0, 0.1) is 5.92 Å². The minimum Gasteiger partial charge on any atom is -0.341 e. The average molecular weight is 426 g/mol. The van der Waals surface area contributed by atoms with Crippen LogP contribution in [0.5, 0.6) is 0 Å². The minimum atomic E-state index is 0. The summed E-state index contributed by atoms with van der Waals surface area (Å²) in [6, 6.07) is 8.33. The Morgan fingerprint density at radius 3 is 2.43 bits per heavy atom. The van der Waals surface area contributed by atoms with Gasteiger partial charge in [0, 0.05) is 55.3 Å². The summed E-state index contributed by atoms with van der Waals surface area (Å²) >= 11 is 6.01. The van der Waals surface area contributed by atoms with E-state index in [0.717, 1.165) is 25.8 Å². The fourth-order valence-corrected chi connectivity index (χ4v) is 5.08. The zero-order valence-electron chi connectivity index (χ0n) is 16.1. The molecule has 154 valence electrons. The molecular formula is C21H29Cl2N3O2. The third kappa shape index (κ3) is 5.00. The molecule has 1 aromatic rings. The molecule has 0 aromatic heterocycles.